The smallest absolute Gasteiger partial charge is 0.331 e. The van der Waals surface area contributed by atoms with Crippen molar-refractivity contribution < 1.29 is 32.2 Å². The normalized spacial score (nSPS) is 17.9. The molecular weight excluding hydrogens is 498 g/mol. The largest absolute Gasteiger partial charge is 0.449 e. The maximum atomic E-state index is 12.7. The van der Waals surface area contributed by atoms with Crippen molar-refractivity contribution in [2.75, 3.05) is 62.8 Å². The van der Waals surface area contributed by atoms with E-state index in [2.05, 4.69) is 10.2 Å². The van der Waals surface area contributed by atoms with Gasteiger partial charge in [0, 0.05) is 43.6 Å². The molecule has 10 nitrogen and oxygen atoms in total. The summed E-state index contributed by atoms with van der Waals surface area (Å²) in [4.78, 5) is 27.1. The molecule has 0 aromatic heterocycles. The standard InChI is InChI=1S/C26H31N3O7S/c1-20(26(31)27-22-5-7-23(8-6-22)28-12-16-34-17-13-28)36-25(30)11-4-21-2-9-24(10-3-21)37(32,33)29-14-18-35-19-15-29/h2-11,20H,12-19H2,1H3,(H,27,31)/b11-4+. The number of rotatable bonds is 8. The maximum absolute atomic E-state index is 12.7. The molecule has 1 atom stereocenters. The van der Waals surface area contributed by atoms with Crippen molar-refractivity contribution in [1.82, 2.24) is 4.31 Å². The van der Waals surface area contributed by atoms with Crippen molar-refractivity contribution in [2.45, 2.75) is 17.9 Å². The lowest BCUT2D eigenvalue weighted by atomic mass is 10.2. The monoisotopic (exact) mass is 529 g/mol. The van der Waals surface area contributed by atoms with Gasteiger partial charge in [-0.15, -0.1) is 0 Å². The number of nitrogens with one attached hydrogen (secondary N) is 1. The van der Waals surface area contributed by atoms with Gasteiger partial charge in [-0.25, -0.2) is 13.2 Å². The highest BCUT2D eigenvalue weighted by atomic mass is 32.2. The molecule has 2 heterocycles. The van der Waals surface area contributed by atoms with Crippen molar-refractivity contribution in [1.29, 1.82) is 0 Å². The molecular formula is C26H31N3O7S. The summed E-state index contributed by atoms with van der Waals surface area (Å²) in [6.45, 7) is 5.92. The van der Waals surface area contributed by atoms with Crippen LogP contribution in [0.2, 0.25) is 0 Å². The molecule has 11 heteroatoms. The van der Waals surface area contributed by atoms with Crippen LogP contribution in [0.4, 0.5) is 11.4 Å². The minimum atomic E-state index is -3.58. The van der Waals surface area contributed by atoms with Crippen LogP contribution in [-0.2, 0) is 33.8 Å². The molecule has 0 saturated carbocycles. The average Bonchev–Trinajstić information content (AvgIpc) is 2.93. The van der Waals surface area contributed by atoms with Gasteiger partial charge in [0.1, 0.15) is 0 Å². The van der Waals surface area contributed by atoms with Gasteiger partial charge in [-0.3, -0.25) is 4.79 Å². The summed E-state index contributed by atoms with van der Waals surface area (Å²) in [5.74, 6) is -1.13. The molecule has 2 aromatic rings. The molecule has 37 heavy (non-hydrogen) atoms. The van der Waals surface area contributed by atoms with Crippen molar-refractivity contribution in [3.8, 4) is 0 Å². The lowest BCUT2D eigenvalue weighted by Crippen LogP contribution is -2.40. The van der Waals surface area contributed by atoms with Crippen molar-refractivity contribution >= 4 is 39.4 Å². The quantitative estimate of drug-likeness (QED) is 0.409. The van der Waals surface area contributed by atoms with Crippen LogP contribution >= 0.6 is 0 Å². The molecule has 1 amide bonds. The first kappa shape index (κ1) is 26.8. The Morgan fingerprint density at radius 1 is 0.919 bits per heavy atom. The number of hydrogen-bond acceptors (Lipinski definition) is 8. The van der Waals surface area contributed by atoms with E-state index in [0.29, 0.717) is 50.8 Å². The number of morpholine rings is 2. The van der Waals surface area contributed by atoms with Crippen LogP contribution in [0.15, 0.2) is 59.5 Å². The maximum Gasteiger partial charge on any atom is 0.331 e. The number of carbonyl (C=O) groups excluding carboxylic acids is 2. The molecule has 2 fully saturated rings. The predicted octanol–water partition coefficient (Wildman–Crippen LogP) is 2.13. The van der Waals surface area contributed by atoms with Gasteiger partial charge in [0.15, 0.2) is 6.10 Å². The third-order valence-corrected chi connectivity index (χ3v) is 7.99. The number of carbonyl (C=O) groups is 2. The molecule has 2 aliphatic heterocycles. The molecule has 0 spiro atoms. The van der Waals surface area contributed by atoms with Crippen molar-refractivity contribution in [3.05, 3.63) is 60.2 Å². The fourth-order valence-electron chi connectivity index (χ4n) is 3.94. The van der Waals surface area contributed by atoms with E-state index in [1.165, 1.54) is 35.5 Å². The van der Waals surface area contributed by atoms with E-state index in [9.17, 15) is 18.0 Å². The zero-order chi connectivity index (χ0) is 26.3. The van der Waals surface area contributed by atoms with Gasteiger partial charge in [-0.2, -0.15) is 4.31 Å². The van der Waals surface area contributed by atoms with Crippen LogP contribution in [0.5, 0.6) is 0 Å². The first-order valence-corrected chi connectivity index (χ1v) is 13.6. The summed E-state index contributed by atoms with van der Waals surface area (Å²) in [7, 11) is -3.58. The van der Waals surface area contributed by atoms with Gasteiger partial charge >= 0.3 is 5.97 Å². The molecule has 198 valence electrons. The second kappa shape index (κ2) is 12.3. The van der Waals surface area contributed by atoms with Crippen molar-refractivity contribution in [3.63, 3.8) is 0 Å². The minimum Gasteiger partial charge on any atom is -0.449 e. The lowest BCUT2D eigenvalue weighted by Gasteiger charge is -2.28. The van der Waals surface area contributed by atoms with Crippen LogP contribution in [0, 0.1) is 0 Å². The van der Waals surface area contributed by atoms with E-state index in [0.717, 1.165) is 18.8 Å². The zero-order valence-corrected chi connectivity index (χ0v) is 21.5. The van der Waals surface area contributed by atoms with E-state index in [-0.39, 0.29) is 4.90 Å². The highest BCUT2D eigenvalue weighted by Crippen LogP contribution is 2.20. The lowest BCUT2D eigenvalue weighted by molar-refractivity contribution is -0.148. The van der Waals surface area contributed by atoms with Crippen molar-refractivity contribution in [2.24, 2.45) is 0 Å². The first-order chi connectivity index (χ1) is 17.8. The number of hydrogen-bond donors (Lipinski definition) is 1. The van der Waals surface area contributed by atoms with Crippen LogP contribution in [0.1, 0.15) is 12.5 Å². The number of benzene rings is 2. The summed E-state index contributed by atoms with van der Waals surface area (Å²) in [6, 6.07) is 13.7. The molecule has 4 rings (SSSR count). The third kappa shape index (κ3) is 7.16. The molecule has 2 aliphatic rings. The van der Waals surface area contributed by atoms with E-state index < -0.39 is 28.0 Å². The Morgan fingerprint density at radius 3 is 2.14 bits per heavy atom. The fraction of sp³-hybridized carbons (Fsp3) is 0.385. The van der Waals surface area contributed by atoms with E-state index in [1.807, 2.05) is 12.1 Å². The minimum absolute atomic E-state index is 0.178. The summed E-state index contributed by atoms with van der Waals surface area (Å²) in [6.07, 6.45) is 1.70. The second-order valence-electron chi connectivity index (χ2n) is 8.63. The fourth-order valence-corrected chi connectivity index (χ4v) is 5.35. The average molecular weight is 530 g/mol. The summed E-state index contributed by atoms with van der Waals surface area (Å²) in [5, 5.41) is 2.75. The van der Waals surface area contributed by atoms with Crippen LogP contribution in [0.25, 0.3) is 6.08 Å². The second-order valence-corrected chi connectivity index (χ2v) is 10.6. The highest BCUT2D eigenvalue weighted by Gasteiger charge is 2.26. The Kier molecular flexibility index (Phi) is 8.93. The SMILES string of the molecule is CC(OC(=O)/C=C/c1ccc(S(=O)(=O)N2CCOCC2)cc1)C(=O)Nc1ccc(N2CCOCC2)cc1. The molecule has 2 saturated heterocycles. The number of sulfonamides is 1. The Morgan fingerprint density at radius 2 is 1.51 bits per heavy atom. The summed E-state index contributed by atoms with van der Waals surface area (Å²) >= 11 is 0. The molecule has 0 radical (unpaired) electrons. The Balaban J connectivity index is 1.26. The number of amides is 1. The highest BCUT2D eigenvalue weighted by molar-refractivity contribution is 7.89. The van der Waals surface area contributed by atoms with Gasteiger partial charge in [0.2, 0.25) is 10.0 Å². The Hall–Kier alpha value is -3.25. The number of anilines is 2. The molecule has 1 N–H and O–H groups in total. The van der Waals surface area contributed by atoms with Crippen LogP contribution in [-0.4, -0.2) is 83.3 Å². The number of esters is 1. The predicted molar refractivity (Wildman–Crippen MR) is 139 cm³/mol. The topological polar surface area (TPSA) is 114 Å². The van der Waals surface area contributed by atoms with Gasteiger partial charge < -0.3 is 24.4 Å². The van der Waals surface area contributed by atoms with E-state index in [1.54, 1.807) is 24.3 Å². The first-order valence-electron chi connectivity index (χ1n) is 12.1. The number of nitrogens with zero attached hydrogens (tertiary/aromatic N) is 2. The molecule has 0 bridgehead atoms. The van der Waals surface area contributed by atoms with Gasteiger partial charge in [-0.1, -0.05) is 12.1 Å². The zero-order valence-electron chi connectivity index (χ0n) is 20.7. The Bertz CT molecular complexity index is 1200. The Labute approximate surface area is 216 Å². The summed E-state index contributed by atoms with van der Waals surface area (Å²) < 4.78 is 42.6. The van der Waals surface area contributed by atoms with E-state index in [4.69, 9.17) is 14.2 Å². The van der Waals surface area contributed by atoms with E-state index >= 15 is 0 Å². The van der Waals surface area contributed by atoms with Crippen LogP contribution < -0.4 is 10.2 Å². The van der Waals surface area contributed by atoms with Crippen LogP contribution in [0.3, 0.4) is 0 Å². The van der Waals surface area contributed by atoms with Gasteiger partial charge in [-0.05, 0) is 55.0 Å². The third-order valence-electron chi connectivity index (χ3n) is 6.07. The molecule has 2 aromatic carbocycles. The number of ether oxygens (including phenoxy) is 3. The molecule has 1 unspecified atom stereocenters. The molecule has 0 aliphatic carbocycles. The van der Waals surface area contributed by atoms with Gasteiger partial charge in [0.25, 0.3) is 5.91 Å². The van der Waals surface area contributed by atoms with Gasteiger partial charge in [0.05, 0.1) is 31.3 Å². The summed E-state index contributed by atoms with van der Waals surface area (Å²) in [5.41, 5.74) is 2.28.